The summed E-state index contributed by atoms with van der Waals surface area (Å²) >= 11 is 0. The summed E-state index contributed by atoms with van der Waals surface area (Å²) in [7, 11) is 1.00. The van der Waals surface area contributed by atoms with E-state index in [1.807, 2.05) is 0 Å². The SMILES string of the molecule is COC(=O)CC(CC(=O)OC(=O)c1ccc(O)cc1)(OC(C)O)C(=O)OCC(O)CO.[NaH]. The van der Waals surface area contributed by atoms with Crippen LogP contribution in [0.2, 0.25) is 0 Å². The first-order valence-corrected chi connectivity index (χ1v) is 8.96. The first-order chi connectivity index (χ1) is 14.5. The van der Waals surface area contributed by atoms with Crippen molar-refractivity contribution in [2.45, 2.75) is 37.8 Å². The second-order valence-electron chi connectivity index (χ2n) is 6.38. The van der Waals surface area contributed by atoms with Crippen molar-refractivity contribution >= 4 is 53.4 Å². The van der Waals surface area contributed by atoms with Crippen LogP contribution in [0.4, 0.5) is 0 Å². The van der Waals surface area contributed by atoms with Gasteiger partial charge in [0.05, 0.1) is 32.1 Å². The number of hydrogen-bond donors (Lipinski definition) is 4. The van der Waals surface area contributed by atoms with Gasteiger partial charge in [0.2, 0.25) is 0 Å². The number of methoxy groups -OCH3 is 1. The molecule has 3 atom stereocenters. The van der Waals surface area contributed by atoms with Crippen LogP contribution in [0.15, 0.2) is 24.3 Å². The zero-order valence-electron chi connectivity index (χ0n) is 16.8. The van der Waals surface area contributed by atoms with Crippen LogP contribution in [0.5, 0.6) is 5.75 Å². The standard InChI is InChI=1S/C19H24O12.Na.H/c1-11(21)31-19(7-15(24)28-2,18(27)29-10-14(23)9-20)8-16(25)30-17(26)12-3-5-13(22)6-4-12;;/h3-6,11,14,20-23H,7-10H2,1-2H3;;. The zero-order chi connectivity index (χ0) is 23.6. The zero-order valence-corrected chi connectivity index (χ0v) is 16.8. The third kappa shape index (κ3) is 9.61. The summed E-state index contributed by atoms with van der Waals surface area (Å²) in [6, 6.07) is 4.74. The molecule has 0 fully saturated rings. The van der Waals surface area contributed by atoms with Gasteiger partial charge < -0.3 is 39.4 Å². The molecule has 1 aromatic rings. The number of esters is 4. The van der Waals surface area contributed by atoms with E-state index in [2.05, 4.69) is 9.47 Å². The van der Waals surface area contributed by atoms with E-state index in [0.717, 1.165) is 14.0 Å². The molecular formula is C19H25NaO12. The number of phenolic OH excluding ortho intramolecular Hbond substituents is 1. The van der Waals surface area contributed by atoms with Crippen molar-refractivity contribution in [3.8, 4) is 5.75 Å². The molecule has 3 unspecified atom stereocenters. The van der Waals surface area contributed by atoms with E-state index in [4.69, 9.17) is 14.6 Å². The Morgan fingerprint density at radius 2 is 1.59 bits per heavy atom. The van der Waals surface area contributed by atoms with Crippen molar-refractivity contribution in [1.29, 1.82) is 0 Å². The summed E-state index contributed by atoms with van der Waals surface area (Å²) in [5.41, 5.74) is -2.54. The monoisotopic (exact) mass is 468 g/mol. The van der Waals surface area contributed by atoms with Gasteiger partial charge in [0.25, 0.3) is 0 Å². The minimum atomic E-state index is -2.46. The number of benzene rings is 1. The molecule has 12 nitrogen and oxygen atoms in total. The van der Waals surface area contributed by atoms with Crippen LogP contribution in [-0.4, -0.2) is 112 Å². The van der Waals surface area contributed by atoms with Crippen LogP contribution < -0.4 is 0 Å². The summed E-state index contributed by atoms with van der Waals surface area (Å²) in [5, 5.41) is 37.1. The van der Waals surface area contributed by atoms with E-state index < -0.39 is 67.9 Å². The fourth-order valence-electron chi connectivity index (χ4n) is 2.36. The van der Waals surface area contributed by atoms with Crippen LogP contribution in [0.1, 0.15) is 30.1 Å². The van der Waals surface area contributed by atoms with E-state index in [1.165, 1.54) is 24.3 Å². The van der Waals surface area contributed by atoms with E-state index in [0.29, 0.717) is 0 Å². The van der Waals surface area contributed by atoms with Gasteiger partial charge in [0.1, 0.15) is 18.5 Å². The summed E-state index contributed by atoms with van der Waals surface area (Å²) in [6.45, 7) is -0.352. The molecule has 0 spiro atoms. The number of hydrogen-bond acceptors (Lipinski definition) is 12. The molecular weight excluding hydrogens is 443 g/mol. The predicted molar refractivity (Wildman–Crippen MR) is 106 cm³/mol. The average molecular weight is 468 g/mol. The topological polar surface area (TPSA) is 186 Å². The maximum atomic E-state index is 12.6. The molecule has 0 aliphatic carbocycles. The van der Waals surface area contributed by atoms with Gasteiger partial charge in [-0.05, 0) is 31.2 Å². The normalized spacial score (nSPS) is 14.2. The number of rotatable bonds is 11. The molecule has 174 valence electrons. The second kappa shape index (κ2) is 14.2. The summed E-state index contributed by atoms with van der Waals surface area (Å²) in [4.78, 5) is 48.9. The van der Waals surface area contributed by atoms with Gasteiger partial charge in [0, 0.05) is 0 Å². The van der Waals surface area contributed by atoms with Crippen molar-refractivity contribution in [1.82, 2.24) is 0 Å². The van der Waals surface area contributed by atoms with Crippen LogP contribution >= 0.6 is 0 Å². The van der Waals surface area contributed by atoms with E-state index >= 15 is 0 Å². The molecule has 0 amide bonds. The molecule has 0 radical (unpaired) electrons. The minimum absolute atomic E-state index is 0. The molecule has 0 heterocycles. The van der Waals surface area contributed by atoms with Gasteiger partial charge >= 0.3 is 53.4 Å². The first-order valence-electron chi connectivity index (χ1n) is 8.96. The quantitative estimate of drug-likeness (QED) is 0.0956. The molecule has 0 saturated heterocycles. The molecule has 13 heteroatoms. The van der Waals surface area contributed by atoms with Gasteiger partial charge in [-0.25, -0.2) is 9.59 Å². The Hall–Kier alpha value is -2.06. The van der Waals surface area contributed by atoms with Crippen molar-refractivity contribution in [3.63, 3.8) is 0 Å². The molecule has 4 N–H and O–H groups in total. The predicted octanol–water partition coefficient (Wildman–Crippen LogP) is -1.63. The Morgan fingerprint density at radius 3 is 2.09 bits per heavy atom. The Balaban J connectivity index is 0.00000961. The number of carbonyl (C=O) groups is 4. The number of aliphatic hydroxyl groups excluding tert-OH is 3. The number of ether oxygens (including phenoxy) is 4. The molecule has 0 aromatic heterocycles. The summed E-state index contributed by atoms with van der Waals surface area (Å²) < 4.78 is 19.0. The van der Waals surface area contributed by atoms with Gasteiger partial charge in [-0.15, -0.1) is 0 Å². The second-order valence-corrected chi connectivity index (χ2v) is 6.38. The number of carbonyl (C=O) groups excluding carboxylic acids is 4. The van der Waals surface area contributed by atoms with Gasteiger partial charge in [0.15, 0.2) is 11.9 Å². The third-order valence-electron chi connectivity index (χ3n) is 3.78. The third-order valence-corrected chi connectivity index (χ3v) is 3.78. The van der Waals surface area contributed by atoms with Gasteiger partial charge in [-0.2, -0.15) is 0 Å². The Morgan fingerprint density at radius 1 is 1.03 bits per heavy atom. The fraction of sp³-hybridized carbons (Fsp3) is 0.474. The molecule has 0 bridgehead atoms. The van der Waals surface area contributed by atoms with Gasteiger partial charge in [-0.1, -0.05) is 0 Å². The van der Waals surface area contributed by atoms with Crippen LogP contribution in [0.3, 0.4) is 0 Å². The average Bonchev–Trinajstić information content (AvgIpc) is 2.71. The first kappa shape index (κ1) is 29.9. The van der Waals surface area contributed by atoms with Crippen LogP contribution in [0, 0.1) is 0 Å². The van der Waals surface area contributed by atoms with Crippen molar-refractivity contribution in [3.05, 3.63) is 29.8 Å². The molecule has 32 heavy (non-hydrogen) atoms. The summed E-state index contributed by atoms with van der Waals surface area (Å²) in [5.74, 6) is -4.91. The molecule has 1 aromatic carbocycles. The van der Waals surface area contributed by atoms with Crippen molar-refractivity contribution in [2.24, 2.45) is 0 Å². The molecule has 0 aliphatic heterocycles. The van der Waals surface area contributed by atoms with Crippen molar-refractivity contribution in [2.75, 3.05) is 20.3 Å². The Kier molecular flexibility index (Phi) is 13.3. The van der Waals surface area contributed by atoms with E-state index in [-0.39, 0.29) is 40.9 Å². The van der Waals surface area contributed by atoms with E-state index in [1.54, 1.807) is 0 Å². The van der Waals surface area contributed by atoms with Gasteiger partial charge in [-0.3, -0.25) is 9.59 Å². The fourth-order valence-corrected chi connectivity index (χ4v) is 2.36. The maximum absolute atomic E-state index is 12.6. The number of aromatic hydroxyl groups is 1. The van der Waals surface area contributed by atoms with Crippen LogP contribution in [0.25, 0.3) is 0 Å². The molecule has 0 aliphatic rings. The Bertz CT molecular complexity index is 779. The van der Waals surface area contributed by atoms with Crippen LogP contribution in [-0.2, 0) is 33.3 Å². The molecule has 1 rings (SSSR count). The number of phenols is 1. The Labute approximate surface area is 205 Å². The number of aliphatic hydroxyl groups is 3. The molecule has 0 saturated carbocycles. The summed E-state index contributed by atoms with van der Waals surface area (Å²) in [6.07, 6.45) is -5.05. The van der Waals surface area contributed by atoms with Crippen molar-refractivity contribution < 1.29 is 58.6 Å². The van der Waals surface area contributed by atoms with E-state index in [9.17, 15) is 34.5 Å².